The molecule has 1 aromatic heterocycles. The number of rotatable bonds is 3. The summed E-state index contributed by atoms with van der Waals surface area (Å²) >= 11 is 0. The zero-order valence-corrected chi connectivity index (χ0v) is 14.8. The minimum absolute atomic E-state index is 0.0687. The van der Waals surface area contributed by atoms with Gasteiger partial charge in [-0.15, -0.1) is 0 Å². The van der Waals surface area contributed by atoms with Gasteiger partial charge < -0.3 is 10.2 Å². The summed E-state index contributed by atoms with van der Waals surface area (Å²) < 4.78 is 27.6. The summed E-state index contributed by atoms with van der Waals surface area (Å²) in [5.41, 5.74) is 1.40. The lowest BCUT2D eigenvalue weighted by atomic mass is 9.88. The lowest BCUT2D eigenvalue weighted by molar-refractivity contribution is -0.133. The van der Waals surface area contributed by atoms with Crippen LogP contribution in [0.4, 0.5) is 8.78 Å². The van der Waals surface area contributed by atoms with Crippen LogP contribution in [0.3, 0.4) is 0 Å². The number of nitrogens with one attached hydrogen (secondary N) is 1. The molecule has 0 radical (unpaired) electrons. The molecule has 4 rings (SSSR count). The summed E-state index contributed by atoms with van der Waals surface area (Å²) in [4.78, 5) is 27.1. The molecule has 0 unspecified atom stereocenters. The van der Waals surface area contributed by atoms with Gasteiger partial charge in [0, 0.05) is 30.6 Å². The largest absolute Gasteiger partial charge is 0.351 e. The van der Waals surface area contributed by atoms with Crippen LogP contribution in [0.15, 0.2) is 36.5 Å². The predicted octanol–water partition coefficient (Wildman–Crippen LogP) is 1.87. The molecule has 0 saturated heterocycles. The third kappa shape index (κ3) is 3.33. The molecule has 28 heavy (non-hydrogen) atoms. The van der Waals surface area contributed by atoms with E-state index in [9.17, 15) is 18.4 Å². The van der Waals surface area contributed by atoms with Crippen molar-refractivity contribution in [2.75, 3.05) is 6.54 Å². The summed E-state index contributed by atoms with van der Waals surface area (Å²) in [5.74, 6) is -3.47. The Bertz CT molecular complexity index is 973. The molecule has 1 N–H and O–H groups in total. The van der Waals surface area contributed by atoms with Gasteiger partial charge in [0.15, 0.2) is 0 Å². The van der Waals surface area contributed by atoms with E-state index in [0.717, 1.165) is 0 Å². The average molecular weight is 385 g/mol. The van der Waals surface area contributed by atoms with Crippen molar-refractivity contribution in [3.63, 3.8) is 0 Å². The first-order chi connectivity index (χ1) is 13.4. The fourth-order valence-corrected chi connectivity index (χ4v) is 3.61. The minimum atomic E-state index is -2.73. The van der Waals surface area contributed by atoms with Gasteiger partial charge >= 0.3 is 0 Å². The molecule has 7 nitrogen and oxygen atoms in total. The quantitative estimate of drug-likeness (QED) is 0.873. The second kappa shape index (κ2) is 6.71. The van der Waals surface area contributed by atoms with E-state index >= 15 is 0 Å². The van der Waals surface area contributed by atoms with E-state index in [0.29, 0.717) is 16.8 Å². The molecular formula is C19H17F2N5O2. The Hall–Kier alpha value is -3.28. The highest BCUT2D eigenvalue weighted by atomic mass is 19.3. The van der Waals surface area contributed by atoms with Gasteiger partial charge in [0.1, 0.15) is 6.04 Å². The van der Waals surface area contributed by atoms with Crippen LogP contribution < -0.4 is 5.32 Å². The Kier molecular flexibility index (Phi) is 4.34. The van der Waals surface area contributed by atoms with Gasteiger partial charge in [0.25, 0.3) is 11.8 Å². The highest BCUT2D eigenvalue weighted by Gasteiger charge is 2.47. The second-order valence-corrected chi connectivity index (χ2v) is 7.13. The van der Waals surface area contributed by atoms with Crippen LogP contribution in [0.1, 0.15) is 40.5 Å². The Balaban J connectivity index is 1.53. The van der Waals surface area contributed by atoms with E-state index in [2.05, 4.69) is 10.4 Å². The molecule has 9 heteroatoms. The molecule has 1 aliphatic heterocycles. The minimum Gasteiger partial charge on any atom is -0.351 e. The van der Waals surface area contributed by atoms with E-state index in [1.165, 1.54) is 21.8 Å². The lowest BCUT2D eigenvalue weighted by Gasteiger charge is -2.38. The Labute approximate surface area is 159 Å². The average Bonchev–Trinajstić information content (AvgIpc) is 3.13. The number of carbonyl (C=O) groups excluding carboxylic acids is 2. The standard InChI is InChI=1S/C19H17F2N5O2/c20-19(21)7-14(8-19)24-17(27)16-11-25(10-15-4-5-23-26(15)16)18(28)13-3-1-2-12(6-13)9-22/h1-6,14,16H,7-8,10-11H2,(H,24,27)/t16-/m1/s1. The van der Waals surface area contributed by atoms with Crippen molar-refractivity contribution in [3.8, 4) is 6.07 Å². The number of fused-ring (bicyclic) bond motifs is 1. The molecule has 1 fully saturated rings. The number of carbonyl (C=O) groups is 2. The van der Waals surface area contributed by atoms with Crippen LogP contribution in [-0.4, -0.2) is 45.0 Å². The molecule has 2 aliphatic rings. The van der Waals surface area contributed by atoms with Gasteiger partial charge in [0.2, 0.25) is 5.91 Å². The number of halogens is 2. The van der Waals surface area contributed by atoms with Gasteiger partial charge in [-0.1, -0.05) is 6.07 Å². The first-order valence-corrected chi connectivity index (χ1v) is 8.86. The van der Waals surface area contributed by atoms with Crippen molar-refractivity contribution in [1.29, 1.82) is 5.26 Å². The highest BCUT2D eigenvalue weighted by Crippen LogP contribution is 2.37. The van der Waals surface area contributed by atoms with Crippen molar-refractivity contribution in [2.45, 2.75) is 37.4 Å². The molecule has 0 spiro atoms. The van der Waals surface area contributed by atoms with Crippen molar-refractivity contribution in [3.05, 3.63) is 53.3 Å². The molecule has 1 aromatic carbocycles. The molecule has 1 saturated carbocycles. The Morgan fingerprint density at radius 3 is 2.79 bits per heavy atom. The number of hydrogen-bond donors (Lipinski definition) is 1. The third-order valence-electron chi connectivity index (χ3n) is 5.06. The number of alkyl halides is 2. The van der Waals surface area contributed by atoms with E-state index < -0.39 is 23.9 Å². The molecule has 144 valence electrons. The maximum absolute atomic E-state index is 13.0. The van der Waals surface area contributed by atoms with Gasteiger partial charge in [-0.3, -0.25) is 14.3 Å². The number of benzene rings is 1. The zero-order chi connectivity index (χ0) is 19.9. The van der Waals surface area contributed by atoms with Crippen LogP contribution in [0.2, 0.25) is 0 Å². The van der Waals surface area contributed by atoms with Gasteiger partial charge in [-0.25, -0.2) is 8.78 Å². The first kappa shape index (κ1) is 18.1. The lowest BCUT2D eigenvalue weighted by Crippen LogP contribution is -2.54. The molecule has 2 amide bonds. The Morgan fingerprint density at radius 1 is 1.29 bits per heavy atom. The SMILES string of the molecule is N#Cc1cccc(C(=O)N2Cc3ccnn3[C@@H](C(=O)NC3CC(F)(F)C3)C2)c1. The van der Waals surface area contributed by atoms with Crippen LogP contribution in [-0.2, 0) is 11.3 Å². The molecule has 2 aromatic rings. The van der Waals surface area contributed by atoms with E-state index in [4.69, 9.17) is 5.26 Å². The number of aromatic nitrogens is 2. The molecule has 0 bridgehead atoms. The van der Waals surface area contributed by atoms with Crippen molar-refractivity contribution < 1.29 is 18.4 Å². The zero-order valence-electron chi connectivity index (χ0n) is 14.8. The second-order valence-electron chi connectivity index (χ2n) is 7.13. The molecular weight excluding hydrogens is 368 g/mol. The van der Waals surface area contributed by atoms with E-state index in [-0.39, 0.29) is 31.8 Å². The smallest absolute Gasteiger partial charge is 0.254 e. The summed E-state index contributed by atoms with van der Waals surface area (Å²) in [6.07, 6.45) is 0.791. The van der Waals surface area contributed by atoms with Gasteiger partial charge in [-0.2, -0.15) is 10.4 Å². The number of amides is 2. The first-order valence-electron chi connectivity index (χ1n) is 8.86. The van der Waals surface area contributed by atoms with Crippen LogP contribution in [0.5, 0.6) is 0 Å². The van der Waals surface area contributed by atoms with Crippen LogP contribution in [0.25, 0.3) is 0 Å². The molecule has 1 aliphatic carbocycles. The van der Waals surface area contributed by atoms with Crippen LogP contribution >= 0.6 is 0 Å². The summed E-state index contributed by atoms with van der Waals surface area (Å²) in [6, 6.07) is 8.68. The fourth-order valence-electron chi connectivity index (χ4n) is 3.61. The summed E-state index contributed by atoms with van der Waals surface area (Å²) in [5, 5.41) is 15.8. The van der Waals surface area contributed by atoms with Crippen LogP contribution in [0, 0.1) is 11.3 Å². The highest BCUT2D eigenvalue weighted by molar-refractivity contribution is 5.95. The van der Waals surface area contributed by atoms with Gasteiger partial charge in [-0.05, 0) is 24.3 Å². The monoisotopic (exact) mass is 385 g/mol. The van der Waals surface area contributed by atoms with Crippen molar-refractivity contribution in [1.82, 2.24) is 20.0 Å². The van der Waals surface area contributed by atoms with Crippen molar-refractivity contribution in [2.24, 2.45) is 0 Å². The summed E-state index contributed by atoms with van der Waals surface area (Å²) in [7, 11) is 0. The predicted molar refractivity (Wildman–Crippen MR) is 93.3 cm³/mol. The number of nitriles is 1. The number of hydrogen-bond acceptors (Lipinski definition) is 4. The number of nitrogens with zero attached hydrogens (tertiary/aromatic N) is 4. The van der Waals surface area contributed by atoms with E-state index in [1.54, 1.807) is 24.3 Å². The third-order valence-corrected chi connectivity index (χ3v) is 5.06. The molecule has 2 heterocycles. The summed E-state index contributed by atoms with van der Waals surface area (Å²) in [6.45, 7) is 0.333. The van der Waals surface area contributed by atoms with Gasteiger partial charge in [0.05, 0.1) is 30.4 Å². The fraction of sp³-hybridized carbons (Fsp3) is 0.368. The van der Waals surface area contributed by atoms with Crippen molar-refractivity contribution >= 4 is 11.8 Å². The maximum atomic E-state index is 13.0. The Morgan fingerprint density at radius 2 is 2.07 bits per heavy atom. The normalized spacial score (nSPS) is 20.6. The van der Waals surface area contributed by atoms with E-state index in [1.807, 2.05) is 6.07 Å². The molecule has 1 atom stereocenters. The topological polar surface area (TPSA) is 91.0 Å². The maximum Gasteiger partial charge on any atom is 0.254 e.